The van der Waals surface area contributed by atoms with Gasteiger partial charge < -0.3 is 19.8 Å². The van der Waals surface area contributed by atoms with Crippen LogP contribution in [0, 0.1) is 11.6 Å². The number of thioether (sulfide) groups is 1. The summed E-state index contributed by atoms with van der Waals surface area (Å²) in [5.41, 5.74) is 1.26. The summed E-state index contributed by atoms with van der Waals surface area (Å²) < 4.78 is 37.5. The van der Waals surface area contributed by atoms with Crippen LogP contribution in [0.3, 0.4) is 0 Å². The number of anilines is 1. The molecule has 1 aliphatic heterocycles. The second-order valence-corrected chi connectivity index (χ2v) is 7.26. The molecule has 0 fully saturated rings. The molecular formula is C18H15F2N3O3S. The predicted molar refractivity (Wildman–Crippen MR) is 97.4 cm³/mol. The molecule has 6 nitrogen and oxygen atoms in total. The van der Waals surface area contributed by atoms with Gasteiger partial charge in [-0.15, -0.1) is 0 Å². The highest BCUT2D eigenvalue weighted by Gasteiger charge is 2.19. The number of nitrogens with one attached hydrogen (secondary N) is 2. The van der Waals surface area contributed by atoms with Gasteiger partial charge in [-0.25, -0.2) is 13.8 Å². The molecular weight excluding hydrogens is 376 g/mol. The summed E-state index contributed by atoms with van der Waals surface area (Å²) >= 11 is 1.16. The molecule has 0 saturated heterocycles. The van der Waals surface area contributed by atoms with Gasteiger partial charge >= 0.3 is 0 Å². The molecule has 9 heteroatoms. The molecule has 0 radical (unpaired) electrons. The number of H-pyrrole nitrogens is 1. The smallest absolute Gasteiger partial charge is 0.237 e. The highest BCUT2D eigenvalue weighted by Crippen LogP contribution is 2.33. The first-order valence-corrected chi connectivity index (χ1v) is 9.09. The van der Waals surface area contributed by atoms with Crippen LogP contribution in [-0.2, 0) is 4.79 Å². The Balaban J connectivity index is 1.45. The van der Waals surface area contributed by atoms with Crippen molar-refractivity contribution in [3.05, 3.63) is 42.0 Å². The first-order valence-electron chi connectivity index (χ1n) is 8.21. The first kappa shape index (κ1) is 17.6. The zero-order valence-corrected chi connectivity index (χ0v) is 15.0. The van der Waals surface area contributed by atoms with E-state index in [9.17, 15) is 13.6 Å². The van der Waals surface area contributed by atoms with E-state index in [-0.39, 0.29) is 5.91 Å². The zero-order chi connectivity index (χ0) is 19.0. The minimum Gasteiger partial charge on any atom is -0.486 e. The Labute approximate surface area is 157 Å². The Hall–Kier alpha value is -2.81. The van der Waals surface area contributed by atoms with Crippen LogP contribution in [0.15, 0.2) is 35.5 Å². The second-order valence-electron chi connectivity index (χ2n) is 5.93. The molecule has 4 rings (SSSR count). The lowest BCUT2D eigenvalue weighted by Gasteiger charge is -2.19. The van der Waals surface area contributed by atoms with Crippen molar-refractivity contribution in [2.75, 3.05) is 18.5 Å². The van der Waals surface area contributed by atoms with Crippen molar-refractivity contribution in [3.63, 3.8) is 0 Å². The van der Waals surface area contributed by atoms with Gasteiger partial charge in [-0.1, -0.05) is 11.8 Å². The molecule has 2 aromatic carbocycles. The summed E-state index contributed by atoms with van der Waals surface area (Å²) in [5.74, 6) is -0.930. The summed E-state index contributed by atoms with van der Waals surface area (Å²) in [6.45, 7) is 2.67. The Morgan fingerprint density at radius 1 is 1.19 bits per heavy atom. The van der Waals surface area contributed by atoms with E-state index in [1.54, 1.807) is 25.1 Å². The van der Waals surface area contributed by atoms with E-state index in [1.807, 2.05) is 0 Å². The third kappa shape index (κ3) is 3.68. The number of nitrogens with zero attached hydrogens (tertiary/aromatic N) is 1. The molecule has 1 unspecified atom stereocenters. The highest BCUT2D eigenvalue weighted by atomic mass is 32.2. The van der Waals surface area contributed by atoms with Crippen molar-refractivity contribution in [1.29, 1.82) is 0 Å². The Kier molecular flexibility index (Phi) is 4.61. The molecule has 0 saturated carbocycles. The SMILES string of the molecule is CC(Sc1nc2cc(F)c(F)cc2[nH]1)C(=O)Nc1ccc2c(c1)OCCO2. The number of carbonyl (C=O) groups excluding carboxylic acids is 1. The van der Waals surface area contributed by atoms with E-state index in [4.69, 9.17) is 9.47 Å². The van der Waals surface area contributed by atoms with E-state index >= 15 is 0 Å². The van der Waals surface area contributed by atoms with Crippen LogP contribution in [0.1, 0.15) is 6.92 Å². The summed E-state index contributed by atoms with van der Waals surface area (Å²) in [6.07, 6.45) is 0. The number of fused-ring (bicyclic) bond motifs is 2. The Morgan fingerprint density at radius 3 is 2.74 bits per heavy atom. The van der Waals surface area contributed by atoms with Crippen molar-refractivity contribution in [2.24, 2.45) is 0 Å². The number of imidazole rings is 1. The number of benzene rings is 2. The van der Waals surface area contributed by atoms with Crippen LogP contribution in [0.25, 0.3) is 11.0 Å². The Morgan fingerprint density at radius 2 is 1.93 bits per heavy atom. The minimum atomic E-state index is -0.963. The molecule has 3 aromatic rings. The van der Waals surface area contributed by atoms with Gasteiger partial charge in [-0.2, -0.15) is 0 Å². The number of aromatic amines is 1. The van der Waals surface area contributed by atoms with Gasteiger partial charge in [-0.3, -0.25) is 4.79 Å². The monoisotopic (exact) mass is 391 g/mol. The van der Waals surface area contributed by atoms with E-state index < -0.39 is 16.9 Å². The largest absolute Gasteiger partial charge is 0.486 e. The van der Waals surface area contributed by atoms with Crippen molar-refractivity contribution >= 4 is 34.4 Å². The maximum Gasteiger partial charge on any atom is 0.237 e. The third-order valence-electron chi connectivity index (χ3n) is 3.97. The molecule has 2 N–H and O–H groups in total. The molecule has 27 heavy (non-hydrogen) atoms. The number of carbonyl (C=O) groups is 1. The maximum absolute atomic E-state index is 13.3. The molecule has 1 atom stereocenters. The van der Waals surface area contributed by atoms with Crippen LogP contribution in [0.4, 0.5) is 14.5 Å². The molecule has 1 amide bonds. The van der Waals surface area contributed by atoms with E-state index in [0.29, 0.717) is 46.6 Å². The van der Waals surface area contributed by atoms with Gasteiger partial charge in [0, 0.05) is 23.9 Å². The van der Waals surface area contributed by atoms with Crippen molar-refractivity contribution in [2.45, 2.75) is 17.3 Å². The molecule has 140 valence electrons. The minimum absolute atomic E-state index is 0.241. The van der Waals surface area contributed by atoms with Gasteiger partial charge in [0.2, 0.25) is 5.91 Å². The fourth-order valence-electron chi connectivity index (χ4n) is 2.62. The number of hydrogen-bond donors (Lipinski definition) is 2. The summed E-state index contributed by atoms with van der Waals surface area (Å²) in [6, 6.07) is 7.24. The molecule has 0 aliphatic carbocycles. The molecule has 2 heterocycles. The van der Waals surface area contributed by atoms with E-state index in [0.717, 1.165) is 23.9 Å². The lowest BCUT2D eigenvalue weighted by atomic mass is 10.2. The molecule has 1 aromatic heterocycles. The van der Waals surface area contributed by atoms with Crippen LogP contribution in [-0.4, -0.2) is 34.3 Å². The lowest BCUT2D eigenvalue weighted by Crippen LogP contribution is -2.23. The quantitative estimate of drug-likeness (QED) is 0.663. The number of ether oxygens (including phenoxy) is 2. The Bertz CT molecular complexity index is 985. The van der Waals surface area contributed by atoms with Crippen molar-refractivity contribution in [3.8, 4) is 11.5 Å². The summed E-state index contributed by atoms with van der Waals surface area (Å²) in [5, 5.41) is 2.72. The summed E-state index contributed by atoms with van der Waals surface area (Å²) in [7, 11) is 0. The zero-order valence-electron chi connectivity index (χ0n) is 14.2. The van der Waals surface area contributed by atoms with Crippen LogP contribution < -0.4 is 14.8 Å². The van der Waals surface area contributed by atoms with Gasteiger partial charge in [0.15, 0.2) is 28.3 Å². The molecule has 1 aliphatic rings. The fraction of sp³-hybridized carbons (Fsp3) is 0.222. The first-order chi connectivity index (χ1) is 13.0. The fourth-order valence-corrected chi connectivity index (χ4v) is 3.44. The molecule has 0 spiro atoms. The van der Waals surface area contributed by atoms with Crippen LogP contribution in [0.2, 0.25) is 0 Å². The lowest BCUT2D eigenvalue weighted by molar-refractivity contribution is -0.115. The number of aromatic nitrogens is 2. The van der Waals surface area contributed by atoms with Gasteiger partial charge in [0.25, 0.3) is 0 Å². The average molecular weight is 391 g/mol. The van der Waals surface area contributed by atoms with E-state index in [1.165, 1.54) is 0 Å². The van der Waals surface area contributed by atoms with Crippen LogP contribution in [0.5, 0.6) is 11.5 Å². The topological polar surface area (TPSA) is 76.2 Å². The number of rotatable bonds is 4. The van der Waals surface area contributed by atoms with Gasteiger partial charge in [0.05, 0.1) is 16.3 Å². The van der Waals surface area contributed by atoms with E-state index in [2.05, 4.69) is 15.3 Å². The normalized spacial score (nSPS) is 14.2. The number of halogens is 2. The number of amides is 1. The highest BCUT2D eigenvalue weighted by molar-refractivity contribution is 8.00. The molecule has 0 bridgehead atoms. The third-order valence-corrected chi connectivity index (χ3v) is 4.95. The van der Waals surface area contributed by atoms with Gasteiger partial charge in [0.1, 0.15) is 13.2 Å². The van der Waals surface area contributed by atoms with Gasteiger partial charge in [-0.05, 0) is 19.1 Å². The van der Waals surface area contributed by atoms with Crippen molar-refractivity contribution < 1.29 is 23.0 Å². The average Bonchev–Trinajstić information content (AvgIpc) is 3.02. The van der Waals surface area contributed by atoms with Crippen molar-refractivity contribution in [1.82, 2.24) is 9.97 Å². The standard InChI is InChI=1S/C18H15F2N3O3S/c1-9(27-18-22-13-7-11(19)12(20)8-14(13)23-18)17(24)21-10-2-3-15-16(6-10)26-5-4-25-15/h2-3,6-9H,4-5H2,1H3,(H,21,24)(H,22,23). The number of hydrogen-bond acceptors (Lipinski definition) is 5. The van der Waals surface area contributed by atoms with Crippen LogP contribution >= 0.6 is 11.8 Å². The summed E-state index contributed by atoms with van der Waals surface area (Å²) in [4.78, 5) is 19.5. The predicted octanol–water partition coefficient (Wildman–Crippen LogP) is 3.73. The maximum atomic E-state index is 13.3. The second kappa shape index (κ2) is 7.07.